The molecular weight excluding hydrogens is 278 g/mol. The minimum Gasteiger partial charge on any atom is -0.493 e. The van der Waals surface area contributed by atoms with E-state index in [-0.39, 0.29) is 5.91 Å². The number of rotatable bonds is 4. The summed E-state index contributed by atoms with van der Waals surface area (Å²) >= 11 is 0. The summed E-state index contributed by atoms with van der Waals surface area (Å²) in [6.45, 7) is 1.98. The van der Waals surface area contributed by atoms with E-state index < -0.39 is 0 Å². The van der Waals surface area contributed by atoms with Crippen molar-refractivity contribution >= 4 is 17.2 Å². The van der Waals surface area contributed by atoms with Crippen LogP contribution in [-0.4, -0.2) is 22.4 Å². The van der Waals surface area contributed by atoms with Gasteiger partial charge in [0.15, 0.2) is 11.4 Å². The van der Waals surface area contributed by atoms with Gasteiger partial charge in [0.2, 0.25) is 0 Å². The summed E-state index contributed by atoms with van der Waals surface area (Å²) in [5.41, 5.74) is 2.70. The van der Waals surface area contributed by atoms with Gasteiger partial charge in [-0.1, -0.05) is 25.1 Å². The van der Waals surface area contributed by atoms with Crippen molar-refractivity contribution < 1.29 is 9.53 Å². The maximum atomic E-state index is 12.7. The molecule has 1 N–H and O–H groups in total. The van der Waals surface area contributed by atoms with Crippen LogP contribution >= 0.6 is 0 Å². The first-order valence-corrected chi connectivity index (χ1v) is 7.15. The Labute approximate surface area is 128 Å². The highest BCUT2D eigenvalue weighted by Crippen LogP contribution is 2.23. The molecule has 0 aliphatic rings. The fourth-order valence-corrected chi connectivity index (χ4v) is 2.45. The Hall–Kier alpha value is -2.82. The number of nitrogens with zero attached hydrogens (tertiary/aromatic N) is 2. The first-order valence-electron chi connectivity index (χ1n) is 7.15. The van der Waals surface area contributed by atoms with E-state index in [2.05, 4.69) is 10.3 Å². The Kier molecular flexibility index (Phi) is 3.78. The molecule has 0 spiro atoms. The number of benzene rings is 1. The molecule has 3 aromatic rings. The van der Waals surface area contributed by atoms with Crippen LogP contribution in [0.25, 0.3) is 5.65 Å². The van der Waals surface area contributed by atoms with E-state index in [9.17, 15) is 4.79 Å². The number of aryl methyl sites for hydroxylation is 1. The predicted molar refractivity (Wildman–Crippen MR) is 85.5 cm³/mol. The van der Waals surface area contributed by atoms with Crippen molar-refractivity contribution in [2.45, 2.75) is 13.3 Å². The molecule has 1 amide bonds. The highest BCUT2D eigenvalue weighted by molar-refractivity contribution is 6.04. The van der Waals surface area contributed by atoms with Gasteiger partial charge in [-0.3, -0.25) is 9.20 Å². The van der Waals surface area contributed by atoms with Crippen LogP contribution in [-0.2, 0) is 6.42 Å². The van der Waals surface area contributed by atoms with Crippen molar-refractivity contribution in [1.29, 1.82) is 0 Å². The van der Waals surface area contributed by atoms with Gasteiger partial charge >= 0.3 is 0 Å². The number of imidazole rings is 1. The molecule has 2 heterocycles. The molecule has 3 rings (SSSR count). The number of hydrogen-bond donors (Lipinski definition) is 1. The van der Waals surface area contributed by atoms with E-state index in [1.165, 1.54) is 0 Å². The summed E-state index contributed by atoms with van der Waals surface area (Å²) in [4.78, 5) is 17.2. The Balaban J connectivity index is 2.07. The number of amides is 1. The number of methoxy groups -OCH3 is 1. The number of nitrogens with one attached hydrogen (secondary N) is 1. The average Bonchev–Trinajstić information content (AvgIpc) is 2.94. The highest BCUT2D eigenvalue weighted by atomic mass is 16.5. The number of carbonyl (C=O) groups excluding carboxylic acids is 1. The minimum atomic E-state index is -0.177. The van der Waals surface area contributed by atoms with Crippen LogP contribution in [0.2, 0.25) is 0 Å². The molecule has 0 saturated carbocycles. The first kappa shape index (κ1) is 14.1. The topological polar surface area (TPSA) is 55.6 Å². The summed E-state index contributed by atoms with van der Waals surface area (Å²) in [6, 6.07) is 13.1. The SMILES string of the molecule is CCc1nc2c(OC)cccn2c1C(=O)Nc1ccccc1. The van der Waals surface area contributed by atoms with E-state index >= 15 is 0 Å². The zero-order valence-electron chi connectivity index (χ0n) is 12.5. The number of anilines is 1. The summed E-state index contributed by atoms with van der Waals surface area (Å²) in [5.74, 6) is 0.472. The molecule has 22 heavy (non-hydrogen) atoms. The second kappa shape index (κ2) is 5.89. The van der Waals surface area contributed by atoms with Crippen molar-refractivity contribution in [3.05, 3.63) is 60.0 Å². The van der Waals surface area contributed by atoms with E-state index in [0.717, 1.165) is 11.4 Å². The van der Waals surface area contributed by atoms with Gasteiger partial charge in [-0.25, -0.2) is 4.98 Å². The third kappa shape index (κ3) is 2.41. The summed E-state index contributed by atoms with van der Waals surface area (Å²) < 4.78 is 7.10. The quantitative estimate of drug-likeness (QED) is 0.804. The van der Waals surface area contributed by atoms with Crippen LogP contribution in [0.15, 0.2) is 48.7 Å². The molecule has 0 aliphatic heterocycles. The van der Waals surface area contributed by atoms with Crippen molar-refractivity contribution in [3.8, 4) is 5.75 Å². The van der Waals surface area contributed by atoms with E-state index in [4.69, 9.17) is 4.74 Å². The normalized spacial score (nSPS) is 10.6. The molecule has 112 valence electrons. The van der Waals surface area contributed by atoms with Crippen molar-refractivity contribution in [1.82, 2.24) is 9.38 Å². The molecule has 2 aromatic heterocycles. The Bertz CT molecular complexity index is 809. The molecule has 0 saturated heterocycles. The van der Waals surface area contributed by atoms with Crippen LogP contribution in [0.4, 0.5) is 5.69 Å². The standard InChI is InChI=1S/C17H17N3O2/c1-3-13-15(17(21)18-12-8-5-4-6-9-12)20-11-7-10-14(22-2)16(20)19-13/h4-11H,3H2,1-2H3,(H,18,21). The number of carbonyl (C=O) groups is 1. The molecule has 0 bridgehead atoms. The fraction of sp³-hybridized carbons (Fsp3) is 0.176. The van der Waals surface area contributed by atoms with Crippen molar-refractivity contribution in [2.24, 2.45) is 0 Å². The molecule has 0 aliphatic carbocycles. The number of para-hydroxylation sites is 1. The molecule has 0 radical (unpaired) electrons. The zero-order valence-corrected chi connectivity index (χ0v) is 12.5. The van der Waals surface area contributed by atoms with E-state index in [1.54, 1.807) is 11.5 Å². The highest BCUT2D eigenvalue weighted by Gasteiger charge is 2.20. The average molecular weight is 295 g/mol. The third-order valence-electron chi connectivity index (χ3n) is 3.49. The largest absolute Gasteiger partial charge is 0.493 e. The van der Waals surface area contributed by atoms with Gasteiger partial charge in [0.1, 0.15) is 5.69 Å². The lowest BCUT2D eigenvalue weighted by Gasteiger charge is -2.07. The minimum absolute atomic E-state index is 0.177. The number of ether oxygens (including phenoxy) is 1. The van der Waals surface area contributed by atoms with Gasteiger partial charge in [-0.05, 0) is 30.7 Å². The number of fused-ring (bicyclic) bond motifs is 1. The van der Waals surface area contributed by atoms with Gasteiger partial charge in [0.25, 0.3) is 5.91 Å². The lowest BCUT2D eigenvalue weighted by molar-refractivity contribution is 0.102. The number of pyridine rings is 1. The van der Waals surface area contributed by atoms with E-state index in [0.29, 0.717) is 23.5 Å². The summed E-state index contributed by atoms with van der Waals surface area (Å²) in [7, 11) is 1.60. The molecule has 0 unspecified atom stereocenters. The Morgan fingerprint density at radius 1 is 1.23 bits per heavy atom. The van der Waals surface area contributed by atoms with E-state index in [1.807, 2.05) is 55.6 Å². The summed E-state index contributed by atoms with van der Waals surface area (Å²) in [5, 5.41) is 2.91. The maximum absolute atomic E-state index is 12.7. The maximum Gasteiger partial charge on any atom is 0.274 e. The molecule has 1 aromatic carbocycles. The smallest absolute Gasteiger partial charge is 0.274 e. The second-order valence-electron chi connectivity index (χ2n) is 4.85. The lowest BCUT2D eigenvalue weighted by Crippen LogP contribution is -2.16. The van der Waals surface area contributed by atoms with Crippen LogP contribution in [0.5, 0.6) is 5.75 Å². The molecule has 5 nitrogen and oxygen atoms in total. The first-order chi connectivity index (χ1) is 10.7. The van der Waals surface area contributed by atoms with Crippen LogP contribution in [0, 0.1) is 0 Å². The lowest BCUT2D eigenvalue weighted by atomic mass is 10.2. The van der Waals surface area contributed by atoms with Gasteiger partial charge in [-0.2, -0.15) is 0 Å². The number of aromatic nitrogens is 2. The predicted octanol–water partition coefficient (Wildman–Crippen LogP) is 3.16. The fourth-order valence-electron chi connectivity index (χ4n) is 2.45. The molecular formula is C17H17N3O2. The van der Waals surface area contributed by atoms with Gasteiger partial charge in [0, 0.05) is 11.9 Å². The second-order valence-corrected chi connectivity index (χ2v) is 4.85. The van der Waals surface area contributed by atoms with Crippen molar-refractivity contribution in [2.75, 3.05) is 12.4 Å². The van der Waals surface area contributed by atoms with Crippen LogP contribution in [0.3, 0.4) is 0 Å². The monoisotopic (exact) mass is 295 g/mol. The van der Waals surface area contributed by atoms with Crippen LogP contribution < -0.4 is 10.1 Å². The van der Waals surface area contributed by atoms with Crippen LogP contribution in [0.1, 0.15) is 23.1 Å². The Morgan fingerprint density at radius 3 is 2.68 bits per heavy atom. The Morgan fingerprint density at radius 2 is 2.00 bits per heavy atom. The third-order valence-corrected chi connectivity index (χ3v) is 3.49. The zero-order chi connectivity index (χ0) is 15.5. The van der Waals surface area contributed by atoms with Crippen molar-refractivity contribution in [3.63, 3.8) is 0 Å². The van der Waals surface area contributed by atoms with Gasteiger partial charge in [-0.15, -0.1) is 0 Å². The molecule has 0 fully saturated rings. The molecule has 0 atom stereocenters. The summed E-state index contributed by atoms with van der Waals surface area (Å²) in [6.07, 6.45) is 2.49. The van der Waals surface area contributed by atoms with Gasteiger partial charge in [0.05, 0.1) is 12.8 Å². The van der Waals surface area contributed by atoms with Gasteiger partial charge < -0.3 is 10.1 Å². The molecule has 5 heteroatoms. The number of hydrogen-bond acceptors (Lipinski definition) is 3.